The molecule has 2 aromatic carbocycles. The Kier molecular flexibility index (Phi) is 5.45. The van der Waals surface area contributed by atoms with Gasteiger partial charge >= 0.3 is 0 Å². The van der Waals surface area contributed by atoms with Crippen molar-refractivity contribution in [2.45, 2.75) is 20.4 Å². The lowest BCUT2D eigenvalue weighted by atomic mass is 10.1. The molecule has 0 bridgehead atoms. The van der Waals surface area contributed by atoms with Gasteiger partial charge in [0.1, 0.15) is 0 Å². The van der Waals surface area contributed by atoms with Crippen molar-refractivity contribution in [2.24, 2.45) is 0 Å². The van der Waals surface area contributed by atoms with Crippen LogP contribution in [0.4, 0.5) is 5.69 Å². The number of thiocarbonyl (C=S) groups is 1. The van der Waals surface area contributed by atoms with E-state index in [0.717, 1.165) is 11.3 Å². The van der Waals surface area contributed by atoms with E-state index in [4.69, 9.17) is 35.4 Å². The van der Waals surface area contributed by atoms with Gasteiger partial charge in [-0.25, -0.2) is 0 Å². The van der Waals surface area contributed by atoms with Gasteiger partial charge in [-0.15, -0.1) is 0 Å². The molecule has 21 heavy (non-hydrogen) atoms. The highest BCUT2D eigenvalue weighted by molar-refractivity contribution is 7.80. The molecule has 0 fully saturated rings. The zero-order chi connectivity index (χ0) is 15.4. The second-order valence-corrected chi connectivity index (χ2v) is 6.16. The van der Waals surface area contributed by atoms with Gasteiger partial charge in [-0.1, -0.05) is 35.3 Å². The maximum atomic E-state index is 5.99. The van der Waals surface area contributed by atoms with Gasteiger partial charge in [-0.2, -0.15) is 0 Å². The largest absolute Gasteiger partial charge is 0.358 e. The number of hydrogen-bond acceptors (Lipinski definition) is 1. The zero-order valence-electron chi connectivity index (χ0n) is 11.8. The Morgan fingerprint density at radius 1 is 1.00 bits per heavy atom. The summed E-state index contributed by atoms with van der Waals surface area (Å²) in [7, 11) is 0. The highest BCUT2D eigenvalue weighted by atomic mass is 35.5. The standard InChI is InChI=1S/C16H16Cl2N2S/c1-10-5-11(2)7-13(6-10)20-16(21)19-9-12-3-4-14(17)15(18)8-12/h3-8H,9H2,1-2H3,(H2,19,20,21). The molecule has 0 spiro atoms. The van der Waals surface area contributed by atoms with Crippen molar-refractivity contribution in [1.82, 2.24) is 5.32 Å². The van der Waals surface area contributed by atoms with Gasteiger partial charge in [0, 0.05) is 12.2 Å². The summed E-state index contributed by atoms with van der Waals surface area (Å²) < 4.78 is 0. The summed E-state index contributed by atoms with van der Waals surface area (Å²) >= 11 is 17.2. The number of hydrogen-bond donors (Lipinski definition) is 2. The van der Waals surface area contributed by atoms with E-state index in [1.165, 1.54) is 11.1 Å². The maximum absolute atomic E-state index is 5.99. The molecular formula is C16H16Cl2N2S. The fourth-order valence-electron chi connectivity index (χ4n) is 2.05. The Bertz CT molecular complexity index is 651. The van der Waals surface area contributed by atoms with Gasteiger partial charge in [0.15, 0.2) is 5.11 Å². The predicted molar refractivity (Wildman–Crippen MR) is 95.4 cm³/mol. The summed E-state index contributed by atoms with van der Waals surface area (Å²) in [5, 5.41) is 8.01. The monoisotopic (exact) mass is 338 g/mol. The summed E-state index contributed by atoms with van der Waals surface area (Å²) in [5.41, 5.74) is 4.41. The minimum atomic E-state index is 0.546. The molecular weight excluding hydrogens is 323 g/mol. The Balaban J connectivity index is 1.94. The molecule has 0 aliphatic carbocycles. The molecule has 0 amide bonds. The molecule has 0 aliphatic heterocycles. The van der Waals surface area contributed by atoms with Crippen molar-refractivity contribution >= 4 is 46.2 Å². The van der Waals surface area contributed by atoms with E-state index in [-0.39, 0.29) is 0 Å². The van der Waals surface area contributed by atoms with Crippen LogP contribution in [0.5, 0.6) is 0 Å². The summed E-state index contributed by atoms with van der Waals surface area (Å²) in [6.45, 7) is 4.71. The average Bonchev–Trinajstić information content (AvgIpc) is 2.39. The number of aryl methyl sites for hydroxylation is 2. The molecule has 2 aromatic rings. The lowest BCUT2D eigenvalue weighted by Crippen LogP contribution is -2.27. The highest BCUT2D eigenvalue weighted by Gasteiger charge is 2.02. The van der Waals surface area contributed by atoms with Crippen molar-refractivity contribution in [2.75, 3.05) is 5.32 Å². The first-order valence-electron chi connectivity index (χ1n) is 6.51. The van der Waals surface area contributed by atoms with E-state index in [1.54, 1.807) is 6.07 Å². The quantitative estimate of drug-likeness (QED) is 0.761. The van der Waals surface area contributed by atoms with Crippen LogP contribution in [0.25, 0.3) is 0 Å². The van der Waals surface area contributed by atoms with Crippen LogP contribution in [-0.4, -0.2) is 5.11 Å². The fraction of sp³-hybridized carbons (Fsp3) is 0.188. The van der Waals surface area contributed by atoms with Crippen molar-refractivity contribution in [3.05, 3.63) is 63.1 Å². The van der Waals surface area contributed by atoms with Crippen LogP contribution >= 0.6 is 35.4 Å². The van der Waals surface area contributed by atoms with Crippen LogP contribution in [0.15, 0.2) is 36.4 Å². The van der Waals surface area contributed by atoms with E-state index < -0.39 is 0 Å². The van der Waals surface area contributed by atoms with Crippen LogP contribution in [0, 0.1) is 13.8 Å². The Hall–Kier alpha value is -1.29. The van der Waals surface area contributed by atoms with Crippen LogP contribution in [0.2, 0.25) is 10.0 Å². The molecule has 0 aliphatic rings. The Morgan fingerprint density at radius 3 is 2.29 bits per heavy atom. The third kappa shape index (κ3) is 4.88. The molecule has 0 saturated carbocycles. The van der Waals surface area contributed by atoms with Crippen molar-refractivity contribution < 1.29 is 0 Å². The molecule has 5 heteroatoms. The molecule has 2 N–H and O–H groups in total. The maximum Gasteiger partial charge on any atom is 0.171 e. The lowest BCUT2D eigenvalue weighted by molar-refractivity contribution is 0.926. The summed E-state index contributed by atoms with van der Waals surface area (Å²) in [6, 6.07) is 11.8. The smallest absolute Gasteiger partial charge is 0.171 e. The van der Waals surface area contributed by atoms with Crippen LogP contribution in [0.3, 0.4) is 0 Å². The van der Waals surface area contributed by atoms with Gasteiger partial charge in [-0.05, 0) is 67.0 Å². The zero-order valence-corrected chi connectivity index (χ0v) is 14.2. The third-order valence-electron chi connectivity index (χ3n) is 2.92. The number of halogens is 2. The van der Waals surface area contributed by atoms with Crippen molar-refractivity contribution in [1.29, 1.82) is 0 Å². The van der Waals surface area contributed by atoms with Gasteiger partial charge in [-0.3, -0.25) is 0 Å². The van der Waals surface area contributed by atoms with Crippen LogP contribution in [-0.2, 0) is 6.54 Å². The first-order valence-corrected chi connectivity index (χ1v) is 7.67. The first kappa shape index (κ1) is 16.1. The predicted octanol–water partition coefficient (Wildman–Crippen LogP) is 5.10. The molecule has 2 nitrogen and oxygen atoms in total. The SMILES string of the molecule is Cc1cc(C)cc(NC(=S)NCc2ccc(Cl)c(Cl)c2)c1. The summed E-state index contributed by atoms with van der Waals surface area (Å²) in [5.74, 6) is 0. The Labute approximate surface area is 140 Å². The first-order chi connectivity index (χ1) is 9.94. The van der Waals surface area contributed by atoms with Crippen LogP contribution < -0.4 is 10.6 Å². The molecule has 0 saturated heterocycles. The van der Waals surface area contributed by atoms with E-state index in [2.05, 4.69) is 42.7 Å². The molecule has 0 unspecified atom stereocenters. The van der Waals surface area contributed by atoms with Gasteiger partial charge in [0.05, 0.1) is 10.0 Å². The van der Waals surface area contributed by atoms with Crippen LogP contribution in [0.1, 0.15) is 16.7 Å². The second-order valence-electron chi connectivity index (χ2n) is 4.93. The number of benzene rings is 2. The van der Waals surface area contributed by atoms with E-state index in [0.29, 0.717) is 21.7 Å². The fourth-order valence-corrected chi connectivity index (χ4v) is 2.56. The Morgan fingerprint density at radius 2 is 1.67 bits per heavy atom. The molecule has 0 aromatic heterocycles. The van der Waals surface area contributed by atoms with Crippen molar-refractivity contribution in [3.8, 4) is 0 Å². The number of nitrogens with one attached hydrogen (secondary N) is 2. The normalized spacial score (nSPS) is 10.3. The highest BCUT2D eigenvalue weighted by Crippen LogP contribution is 2.22. The molecule has 0 atom stereocenters. The van der Waals surface area contributed by atoms with Gasteiger partial charge < -0.3 is 10.6 Å². The van der Waals surface area contributed by atoms with E-state index in [1.807, 2.05) is 12.1 Å². The van der Waals surface area contributed by atoms with E-state index >= 15 is 0 Å². The second kappa shape index (κ2) is 7.12. The van der Waals surface area contributed by atoms with Crippen molar-refractivity contribution in [3.63, 3.8) is 0 Å². The molecule has 110 valence electrons. The minimum absolute atomic E-state index is 0.546. The molecule has 0 radical (unpaired) electrons. The topological polar surface area (TPSA) is 24.1 Å². The molecule has 2 rings (SSSR count). The van der Waals surface area contributed by atoms with Gasteiger partial charge in [0.25, 0.3) is 0 Å². The average molecular weight is 339 g/mol. The minimum Gasteiger partial charge on any atom is -0.358 e. The van der Waals surface area contributed by atoms with E-state index in [9.17, 15) is 0 Å². The summed E-state index contributed by atoms with van der Waals surface area (Å²) in [6.07, 6.45) is 0. The number of rotatable bonds is 3. The summed E-state index contributed by atoms with van der Waals surface area (Å²) in [4.78, 5) is 0. The lowest BCUT2D eigenvalue weighted by Gasteiger charge is -2.12. The molecule has 0 heterocycles. The third-order valence-corrected chi connectivity index (χ3v) is 3.90. The van der Waals surface area contributed by atoms with Gasteiger partial charge in [0.2, 0.25) is 0 Å². The number of anilines is 1.